The van der Waals surface area contributed by atoms with Crippen LogP contribution < -0.4 is 5.32 Å². The lowest BCUT2D eigenvalue weighted by Gasteiger charge is -2.44. The molecule has 0 bridgehead atoms. The predicted molar refractivity (Wildman–Crippen MR) is 87.6 cm³/mol. The van der Waals surface area contributed by atoms with Gasteiger partial charge >= 0.3 is 0 Å². The number of amides is 2. The van der Waals surface area contributed by atoms with Crippen molar-refractivity contribution in [3.8, 4) is 0 Å². The van der Waals surface area contributed by atoms with Gasteiger partial charge in [0.1, 0.15) is 5.82 Å². The van der Waals surface area contributed by atoms with Crippen LogP contribution in [0.25, 0.3) is 0 Å². The van der Waals surface area contributed by atoms with Gasteiger partial charge in [-0.25, -0.2) is 4.39 Å². The Labute approximate surface area is 136 Å². The molecule has 0 spiro atoms. The van der Waals surface area contributed by atoms with Crippen LogP contribution in [0.1, 0.15) is 36.2 Å². The van der Waals surface area contributed by atoms with E-state index in [0.29, 0.717) is 25.1 Å². The molecule has 4 nitrogen and oxygen atoms in total. The highest BCUT2D eigenvalue weighted by molar-refractivity contribution is 5.95. The van der Waals surface area contributed by atoms with Gasteiger partial charge in [-0.05, 0) is 31.1 Å². The number of carbonyl (C=O) groups is 2. The molecule has 0 aromatic heterocycles. The Morgan fingerprint density at radius 1 is 1.43 bits per heavy atom. The summed E-state index contributed by atoms with van der Waals surface area (Å²) in [6.45, 7) is 10.2. The molecule has 1 saturated heterocycles. The molecule has 1 heterocycles. The molecule has 1 N–H and O–H groups in total. The third kappa shape index (κ3) is 3.60. The van der Waals surface area contributed by atoms with Gasteiger partial charge in [-0.3, -0.25) is 9.59 Å². The minimum Gasteiger partial charge on any atom is -0.349 e. The number of rotatable bonds is 3. The number of hydrogen-bond acceptors (Lipinski definition) is 2. The van der Waals surface area contributed by atoms with Crippen molar-refractivity contribution in [2.45, 2.75) is 33.2 Å². The predicted octanol–water partition coefficient (Wildman–Crippen LogP) is 2.68. The molecule has 23 heavy (non-hydrogen) atoms. The van der Waals surface area contributed by atoms with Crippen molar-refractivity contribution in [3.05, 3.63) is 47.8 Å². The maximum Gasteiger partial charge on any atom is 0.254 e. The topological polar surface area (TPSA) is 49.4 Å². The lowest BCUT2D eigenvalue weighted by molar-refractivity contribution is -0.129. The number of nitrogens with zero attached hydrogens (tertiary/aromatic N) is 1. The maximum absolute atomic E-state index is 14.1. The summed E-state index contributed by atoms with van der Waals surface area (Å²) in [6, 6.07) is 4.67. The van der Waals surface area contributed by atoms with E-state index in [0.717, 1.165) is 0 Å². The summed E-state index contributed by atoms with van der Waals surface area (Å²) < 4.78 is 14.1. The van der Waals surface area contributed by atoms with Gasteiger partial charge in [-0.15, -0.1) is 0 Å². The Morgan fingerprint density at radius 2 is 2.13 bits per heavy atom. The molecule has 0 saturated carbocycles. The normalized spacial score (nSPS) is 20.0. The summed E-state index contributed by atoms with van der Waals surface area (Å²) in [5.74, 6) is -0.998. The number of likely N-dealkylation sites (tertiary alicyclic amines) is 1. The lowest BCUT2D eigenvalue weighted by atomic mass is 9.79. The molecule has 1 atom stereocenters. The zero-order valence-electron chi connectivity index (χ0n) is 13.9. The average Bonchev–Trinajstić information content (AvgIpc) is 2.50. The highest BCUT2D eigenvalue weighted by Gasteiger charge is 2.38. The zero-order valence-corrected chi connectivity index (χ0v) is 13.9. The monoisotopic (exact) mass is 318 g/mol. The second-order valence-corrected chi connectivity index (χ2v) is 6.70. The molecular weight excluding hydrogens is 295 g/mol. The second kappa shape index (κ2) is 6.52. The Morgan fingerprint density at radius 3 is 2.74 bits per heavy atom. The number of hydrogen-bond donors (Lipinski definition) is 1. The van der Waals surface area contributed by atoms with Crippen LogP contribution in [-0.4, -0.2) is 35.8 Å². The smallest absolute Gasteiger partial charge is 0.254 e. The van der Waals surface area contributed by atoms with E-state index in [1.54, 1.807) is 24.0 Å². The molecule has 1 aromatic rings. The quantitative estimate of drug-likeness (QED) is 0.871. The molecular formula is C18H23FN2O2. The molecule has 124 valence electrons. The Bertz CT molecular complexity index is 640. The molecule has 0 radical (unpaired) electrons. The molecule has 1 fully saturated rings. The number of nitrogens with one attached hydrogen (secondary N) is 1. The first kappa shape index (κ1) is 17.2. The molecule has 0 aliphatic carbocycles. The van der Waals surface area contributed by atoms with Crippen LogP contribution in [0.15, 0.2) is 30.9 Å². The molecule has 1 aliphatic rings. The van der Waals surface area contributed by atoms with E-state index < -0.39 is 11.7 Å². The minimum atomic E-state index is -0.484. The molecule has 2 amide bonds. The van der Waals surface area contributed by atoms with Crippen LogP contribution in [0.5, 0.6) is 0 Å². The van der Waals surface area contributed by atoms with E-state index in [1.807, 2.05) is 13.8 Å². The van der Waals surface area contributed by atoms with Gasteiger partial charge in [-0.1, -0.05) is 32.6 Å². The van der Waals surface area contributed by atoms with Gasteiger partial charge in [0.2, 0.25) is 5.91 Å². The number of aryl methyl sites for hydroxylation is 1. The fourth-order valence-corrected chi connectivity index (χ4v) is 3.00. The Kier molecular flexibility index (Phi) is 4.88. The fourth-order valence-electron chi connectivity index (χ4n) is 3.00. The van der Waals surface area contributed by atoms with Crippen LogP contribution in [0.3, 0.4) is 0 Å². The summed E-state index contributed by atoms with van der Waals surface area (Å²) >= 11 is 0. The molecule has 2 rings (SSSR count). The van der Waals surface area contributed by atoms with E-state index in [-0.39, 0.29) is 22.9 Å². The Balaban J connectivity index is 2.11. The van der Waals surface area contributed by atoms with E-state index in [1.165, 1.54) is 12.1 Å². The molecule has 5 heteroatoms. The first-order valence-corrected chi connectivity index (χ1v) is 7.73. The van der Waals surface area contributed by atoms with Crippen molar-refractivity contribution in [2.75, 3.05) is 13.1 Å². The van der Waals surface area contributed by atoms with Gasteiger partial charge in [0.05, 0.1) is 5.56 Å². The number of benzene rings is 1. The van der Waals surface area contributed by atoms with Gasteiger partial charge in [0.25, 0.3) is 5.91 Å². The second-order valence-electron chi connectivity index (χ2n) is 6.70. The van der Waals surface area contributed by atoms with Crippen molar-refractivity contribution in [1.29, 1.82) is 0 Å². The largest absolute Gasteiger partial charge is 0.349 e. The number of piperidine rings is 1. The zero-order chi connectivity index (χ0) is 17.2. The van der Waals surface area contributed by atoms with Crippen LogP contribution in [0.4, 0.5) is 4.39 Å². The number of carbonyl (C=O) groups excluding carboxylic acids is 2. The van der Waals surface area contributed by atoms with E-state index in [9.17, 15) is 14.0 Å². The average molecular weight is 318 g/mol. The Hall–Kier alpha value is -2.17. The highest BCUT2D eigenvalue weighted by Crippen LogP contribution is 2.30. The van der Waals surface area contributed by atoms with Crippen LogP contribution >= 0.6 is 0 Å². The summed E-state index contributed by atoms with van der Waals surface area (Å²) in [5.41, 5.74) is 0.209. The SMILES string of the molecule is C=CC(=O)N1CCC(NC(=O)c2cccc(C)c2F)C(C)(C)C1. The van der Waals surface area contributed by atoms with Crippen molar-refractivity contribution in [2.24, 2.45) is 5.41 Å². The van der Waals surface area contributed by atoms with Crippen LogP contribution in [0.2, 0.25) is 0 Å². The summed E-state index contributed by atoms with van der Waals surface area (Å²) in [4.78, 5) is 25.9. The summed E-state index contributed by atoms with van der Waals surface area (Å²) in [7, 11) is 0. The van der Waals surface area contributed by atoms with Crippen LogP contribution in [0, 0.1) is 18.2 Å². The van der Waals surface area contributed by atoms with Gasteiger partial charge in [0.15, 0.2) is 0 Å². The van der Waals surface area contributed by atoms with Gasteiger partial charge in [0, 0.05) is 24.5 Å². The highest BCUT2D eigenvalue weighted by atomic mass is 19.1. The minimum absolute atomic E-state index is 0.0606. The van der Waals surface area contributed by atoms with E-state index in [4.69, 9.17) is 0 Å². The third-order valence-corrected chi connectivity index (χ3v) is 4.46. The van der Waals surface area contributed by atoms with Gasteiger partial charge in [-0.2, -0.15) is 0 Å². The third-order valence-electron chi connectivity index (χ3n) is 4.46. The van der Waals surface area contributed by atoms with Crippen LogP contribution in [-0.2, 0) is 4.79 Å². The van der Waals surface area contributed by atoms with Crippen molar-refractivity contribution < 1.29 is 14.0 Å². The first-order chi connectivity index (χ1) is 10.8. The van der Waals surface area contributed by atoms with Crippen molar-refractivity contribution in [3.63, 3.8) is 0 Å². The maximum atomic E-state index is 14.1. The van der Waals surface area contributed by atoms with E-state index >= 15 is 0 Å². The molecule has 1 aromatic carbocycles. The summed E-state index contributed by atoms with van der Waals surface area (Å²) in [5, 5.41) is 2.93. The van der Waals surface area contributed by atoms with Gasteiger partial charge < -0.3 is 10.2 Å². The molecule has 1 aliphatic heterocycles. The van der Waals surface area contributed by atoms with Crippen molar-refractivity contribution in [1.82, 2.24) is 10.2 Å². The van der Waals surface area contributed by atoms with Crippen molar-refractivity contribution >= 4 is 11.8 Å². The first-order valence-electron chi connectivity index (χ1n) is 7.73. The number of halogens is 1. The molecule has 1 unspecified atom stereocenters. The summed E-state index contributed by atoms with van der Waals surface area (Å²) in [6.07, 6.45) is 1.93. The standard InChI is InChI=1S/C18H23FN2O2/c1-5-15(22)21-10-9-14(18(3,4)11-21)20-17(23)13-8-6-7-12(2)16(13)19/h5-8,14H,1,9-11H2,2-4H3,(H,20,23). The fraction of sp³-hybridized carbons (Fsp3) is 0.444. The van der Waals surface area contributed by atoms with E-state index in [2.05, 4.69) is 11.9 Å². The lowest BCUT2D eigenvalue weighted by Crippen LogP contribution is -2.56.